The van der Waals surface area contributed by atoms with E-state index in [0.717, 1.165) is 38.9 Å². The third kappa shape index (κ3) is 4.81. The van der Waals surface area contributed by atoms with Crippen LogP contribution in [0.2, 0.25) is 0 Å². The van der Waals surface area contributed by atoms with Crippen molar-refractivity contribution < 1.29 is 4.79 Å². The van der Waals surface area contributed by atoms with Gasteiger partial charge in [0.2, 0.25) is 5.91 Å². The molecule has 1 aromatic heterocycles. The number of hydrogen-bond acceptors (Lipinski definition) is 4. The first kappa shape index (κ1) is 17.0. The Kier molecular flexibility index (Phi) is 5.97. The van der Waals surface area contributed by atoms with Crippen molar-refractivity contribution in [2.75, 3.05) is 47.3 Å². The quantitative estimate of drug-likeness (QED) is 0.733. The number of aromatic nitrogens is 2. The lowest BCUT2D eigenvalue weighted by molar-refractivity contribution is -0.130. The molecule has 2 rings (SSSR count). The highest BCUT2D eigenvalue weighted by Crippen LogP contribution is 2.13. The first-order valence-corrected chi connectivity index (χ1v) is 8.06. The van der Waals surface area contributed by atoms with E-state index in [-0.39, 0.29) is 5.91 Å². The fourth-order valence-electron chi connectivity index (χ4n) is 2.94. The van der Waals surface area contributed by atoms with Crippen LogP contribution in [0.1, 0.15) is 18.4 Å². The minimum atomic E-state index is 0.227. The molecule has 1 aliphatic heterocycles. The van der Waals surface area contributed by atoms with E-state index in [9.17, 15) is 4.79 Å². The van der Waals surface area contributed by atoms with Crippen LogP contribution in [-0.2, 0) is 18.3 Å². The second kappa shape index (κ2) is 7.74. The molecular weight excluding hydrogens is 278 g/mol. The van der Waals surface area contributed by atoms with E-state index in [1.807, 2.05) is 36.1 Å². The van der Waals surface area contributed by atoms with Gasteiger partial charge >= 0.3 is 0 Å². The number of rotatable bonds is 7. The second-order valence-corrected chi connectivity index (χ2v) is 6.58. The molecule has 0 spiro atoms. The van der Waals surface area contributed by atoms with Gasteiger partial charge < -0.3 is 9.80 Å². The van der Waals surface area contributed by atoms with E-state index in [0.29, 0.717) is 12.6 Å². The Labute approximate surface area is 133 Å². The van der Waals surface area contributed by atoms with Gasteiger partial charge in [0.15, 0.2) is 0 Å². The summed E-state index contributed by atoms with van der Waals surface area (Å²) in [6.45, 7) is 3.38. The number of hydrogen-bond donors (Lipinski definition) is 0. The Balaban J connectivity index is 1.66. The minimum Gasteiger partial charge on any atom is -0.345 e. The predicted molar refractivity (Wildman–Crippen MR) is 87.7 cm³/mol. The van der Waals surface area contributed by atoms with Gasteiger partial charge in [0.25, 0.3) is 0 Å². The molecule has 1 aliphatic rings. The van der Waals surface area contributed by atoms with Crippen LogP contribution in [0.15, 0.2) is 12.4 Å². The summed E-state index contributed by atoms with van der Waals surface area (Å²) in [5.41, 5.74) is 1.23. The summed E-state index contributed by atoms with van der Waals surface area (Å²) in [4.78, 5) is 18.7. The molecule has 2 heterocycles. The summed E-state index contributed by atoms with van der Waals surface area (Å²) in [6.07, 6.45) is 7.04. The normalized spacial score (nSPS) is 19.0. The molecule has 1 amide bonds. The number of nitrogens with zero attached hydrogens (tertiary/aromatic N) is 5. The summed E-state index contributed by atoms with van der Waals surface area (Å²) in [7, 11) is 8.06. The lowest BCUT2D eigenvalue weighted by Crippen LogP contribution is -2.39. The highest BCUT2D eigenvalue weighted by atomic mass is 16.2. The van der Waals surface area contributed by atoms with E-state index in [1.54, 1.807) is 0 Å². The number of carbonyl (C=O) groups is 1. The van der Waals surface area contributed by atoms with Gasteiger partial charge in [0.05, 0.1) is 12.7 Å². The van der Waals surface area contributed by atoms with E-state index in [2.05, 4.69) is 29.0 Å². The van der Waals surface area contributed by atoms with Gasteiger partial charge in [-0.25, -0.2) is 0 Å². The summed E-state index contributed by atoms with van der Waals surface area (Å²) in [5.74, 6) is 0.227. The van der Waals surface area contributed by atoms with Gasteiger partial charge in [-0.3, -0.25) is 14.4 Å². The van der Waals surface area contributed by atoms with Crippen LogP contribution in [0.5, 0.6) is 0 Å². The van der Waals surface area contributed by atoms with Crippen LogP contribution in [0.25, 0.3) is 0 Å². The maximum absolute atomic E-state index is 12.3. The van der Waals surface area contributed by atoms with Gasteiger partial charge in [-0.2, -0.15) is 5.10 Å². The van der Waals surface area contributed by atoms with Crippen LogP contribution in [-0.4, -0.2) is 83.8 Å². The zero-order valence-corrected chi connectivity index (χ0v) is 14.3. The van der Waals surface area contributed by atoms with Crippen LogP contribution in [0.3, 0.4) is 0 Å². The Morgan fingerprint density at radius 1 is 1.41 bits per heavy atom. The standard InChI is InChI=1S/C16H29N5O/c1-18(2)15-7-9-21(12-15)13-16(22)19(3)8-5-6-14-10-17-20(4)11-14/h10-11,15H,5-9,12-13H2,1-4H3/t15-/m0/s1. The molecule has 0 bridgehead atoms. The topological polar surface area (TPSA) is 44.6 Å². The molecule has 0 saturated carbocycles. The molecule has 1 aromatic rings. The molecule has 0 aliphatic carbocycles. The fourth-order valence-corrected chi connectivity index (χ4v) is 2.94. The average Bonchev–Trinajstić information content (AvgIpc) is 3.08. The van der Waals surface area contributed by atoms with Gasteiger partial charge in [0, 0.05) is 46.0 Å². The predicted octanol–water partition coefficient (Wildman–Crippen LogP) is 0.447. The monoisotopic (exact) mass is 307 g/mol. The highest BCUT2D eigenvalue weighted by molar-refractivity contribution is 5.78. The Hall–Kier alpha value is -1.40. The van der Waals surface area contributed by atoms with Gasteiger partial charge in [0.1, 0.15) is 0 Å². The van der Waals surface area contributed by atoms with Crippen molar-refractivity contribution in [2.45, 2.75) is 25.3 Å². The second-order valence-electron chi connectivity index (χ2n) is 6.58. The molecule has 0 N–H and O–H groups in total. The summed E-state index contributed by atoms with van der Waals surface area (Å²) in [6, 6.07) is 0.587. The van der Waals surface area contributed by atoms with Crippen LogP contribution in [0, 0.1) is 0 Å². The van der Waals surface area contributed by atoms with E-state index < -0.39 is 0 Å². The number of amides is 1. The molecule has 1 atom stereocenters. The molecular formula is C16H29N5O. The molecule has 0 aromatic carbocycles. The Morgan fingerprint density at radius 2 is 2.18 bits per heavy atom. The number of carbonyl (C=O) groups excluding carboxylic acids is 1. The van der Waals surface area contributed by atoms with Crippen molar-refractivity contribution in [3.05, 3.63) is 18.0 Å². The SMILES string of the molecule is CN(CCCc1cnn(C)c1)C(=O)CN1CC[C@H](N(C)C)C1. The van der Waals surface area contributed by atoms with Crippen molar-refractivity contribution in [1.29, 1.82) is 0 Å². The minimum absolute atomic E-state index is 0.227. The van der Waals surface area contributed by atoms with Crippen molar-refractivity contribution in [3.8, 4) is 0 Å². The van der Waals surface area contributed by atoms with Gasteiger partial charge in [-0.15, -0.1) is 0 Å². The Bertz CT molecular complexity index is 485. The van der Waals surface area contributed by atoms with Crippen molar-refractivity contribution >= 4 is 5.91 Å². The third-order valence-electron chi connectivity index (χ3n) is 4.48. The largest absolute Gasteiger partial charge is 0.345 e. The molecule has 6 nitrogen and oxygen atoms in total. The molecule has 6 heteroatoms. The zero-order chi connectivity index (χ0) is 16.1. The first-order chi connectivity index (χ1) is 10.5. The molecule has 124 valence electrons. The highest BCUT2D eigenvalue weighted by Gasteiger charge is 2.25. The number of likely N-dealkylation sites (N-methyl/N-ethyl adjacent to an activating group) is 2. The molecule has 22 heavy (non-hydrogen) atoms. The third-order valence-corrected chi connectivity index (χ3v) is 4.48. The maximum atomic E-state index is 12.3. The lowest BCUT2D eigenvalue weighted by Gasteiger charge is -2.23. The van der Waals surface area contributed by atoms with E-state index in [4.69, 9.17) is 0 Å². The van der Waals surface area contributed by atoms with E-state index >= 15 is 0 Å². The van der Waals surface area contributed by atoms with Crippen LogP contribution in [0.4, 0.5) is 0 Å². The average molecular weight is 307 g/mol. The number of aryl methyl sites for hydroxylation is 2. The summed E-state index contributed by atoms with van der Waals surface area (Å²) < 4.78 is 1.82. The number of likely N-dealkylation sites (tertiary alicyclic amines) is 1. The maximum Gasteiger partial charge on any atom is 0.236 e. The lowest BCUT2D eigenvalue weighted by atomic mass is 10.2. The van der Waals surface area contributed by atoms with Crippen LogP contribution < -0.4 is 0 Å². The zero-order valence-electron chi connectivity index (χ0n) is 14.3. The van der Waals surface area contributed by atoms with Gasteiger partial charge in [-0.05, 0) is 38.9 Å². The summed E-state index contributed by atoms with van der Waals surface area (Å²) in [5, 5.41) is 4.16. The van der Waals surface area contributed by atoms with Crippen molar-refractivity contribution in [1.82, 2.24) is 24.5 Å². The van der Waals surface area contributed by atoms with E-state index in [1.165, 1.54) is 5.56 Å². The van der Waals surface area contributed by atoms with Gasteiger partial charge in [-0.1, -0.05) is 0 Å². The van der Waals surface area contributed by atoms with Crippen molar-refractivity contribution in [3.63, 3.8) is 0 Å². The Morgan fingerprint density at radius 3 is 2.77 bits per heavy atom. The fraction of sp³-hybridized carbons (Fsp3) is 0.750. The first-order valence-electron chi connectivity index (χ1n) is 8.06. The van der Waals surface area contributed by atoms with Crippen LogP contribution >= 0.6 is 0 Å². The molecule has 0 unspecified atom stereocenters. The molecule has 0 radical (unpaired) electrons. The summed E-state index contributed by atoms with van der Waals surface area (Å²) >= 11 is 0. The smallest absolute Gasteiger partial charge is 0.236 e. The molecule has 1 fully saturated rings. The molecule has 1 saturated heterocycles. The van der Waals surface area contributed by atoms with Crippen molar-refractivity contribution in [2.24, 2.45) is 7.05 Å².